The second-order valence-electron chi connectivity index (χ2n) is 4.84. The van der Waals surface area contributed by atoms with Gasteiger partial charge in [0, 0.05) is 16.3 Å². The number of aryl methyl sites for hydroxylation is 2. The predicted molar refractivity (Wildman–Crippen MR) is 87.9 cm³/mol. The van der Waals surface area contributed by atoms with Crippen LogP contribution < -0.4 is 0 Å². The first-order chi connectivity index (χ1) is 9.56. The van der Waals surface area contributed by atoms with E-state index in [0.717, 1.165) is 16.3 Å². The summed E-state index contributed by atoms with van der Waals surface area (Å²) in [6, 6.07) is 13.6. The van der Waals surface area contributed by atoms with Gasteiger partial charge in [0.1, 0.15) is 0 Å². The highest BCUT2D eigenvalue weighted by Gasteiger charge is 2.07. The number of rotatable bonds is 5. The summed E-state index contributed by atoms with van der Waals surface area (Å²) >= 11 is 7.48. The predicted octanol–water partition coefficient (Wildman–Crippen LogP) is 5.07. The minimum absolute atomic E-state index is 0.187. The lowest BCUT2D eigenvalue weighted by Crippen LogP contribution is -2.03. The summed E-state index contributed by atoms with van der Waals surface area (Å²) in [5.41, 5.74) is 4.37. The maximum Gasteiger partial charge on any atom is 0.172 e. The fourth-order valence-electron chi connectivity index (χ4n) is 1.84. The van der Waals surface area contributed by atoms with Gasteiger partial charge in [-0.1, -0.05) is 35.9 Å². The molecule has 0 saturated heterocycles. The first-order valence-electron chi connectivity index (χ1n) is 6.49. The van der Waals surface area contributed by atoms with Crippen molar-refractivity contribution >= 4 is 29.1 Å². The number of carbonyl (C=O) groups excluding carboxylic acids is 1. The number of thioether (sulfide) groups is 1. The molecular formula is C17H17ClOS. The third kappa shape index (κ3) is 4.12. The Balaban J connectivity index is 1.88. The van der Waals surface area contributed by atoms with Gasteiger partial charge >= 0.3 is 0 Å². The molecule has 0 heterocycles. The number of halogens is 1. The molecule has 20 heavy (non-hydrogen) atoms. The quantitative estimate of drug-likeness (QED) is 0.717. The molecule has 2 aromatic carbocycles. The van der Waals surface area contributed by atoms with Crippen molar-refractivity contribution in [3.63, 3.8) is 0 Å². The molecule has 0 aromatic heterocycles. The average molecular weight is 305 g/mol. The molecule has 0 atom stereocenters. The van der Waals surface area contributed by atoms with E-state index in [2.05, 4.69) is 6.92 Å². The molecule has 0 unspecified atom stereocenters. The molecule has 0 fully saturated rings. The van der Waals surface area contributed by atoms with Crippen molar-refractivity contribution in [1.29, 1.82) is 0 Å². The molecule has 0 aliphatic rings. The summed E-state index contributed by atoms with van der Waals surface area (Å²) in [6.07, 6.45) is 0. The third-order valence-corrected chi connectivity index (χ3v) is 4.50. The standard InChI is InChI=1S/C17H17ClOS/c1-12-3-6-15(9-13(12)2)17(19)11-20-10-14-4-7-16(18)8-5-14/h3-9H,10-11H2,1-2H3. The van der Waals surface area contributed by atoms with Gasteiger partial charge in [-0.05, 0) is 48.7 Å². The van der Waals surface area contributed by atoms with Crippen molar-refractivity contribution in [2.45, 2.75) is 19.6 Å². The molecule has 0 N–H and O–H groups in total. The molecule has 0 bridgehead atoms. The Labute approximate surface area is 129 Å². The van der Waals surface area contributed by atoms with E-state index in [1.54, 1.807) is 11.8 Å². The van der Waals surface area contributed by atoms with Gasteiger partial charge in [-0.15, -0.1) is 11.8 Å². The number of hydrogen-bond donors (Lipinski definition) is 0. The lowest BCUT2D eigenvalue weighted by Gasteiger charge is -2.05. The van der Waals surface area contributed by atoms with Crippen molar-refractivity contribution in [3.05, 3.63) is 69.7 Å². The first-order valence-corrected chi connectivity index (χ1v) is 8.02. The molecule has 0 amide bonds. The molecular weight excluding hydrogens is 288 g/mol. The summed E-state index contributed by atoms with van der Waals surface area (Å²) in [7, 11) is 0. The molecule has 0 saturated carbocycles. The van der Waals surface area contributed by atoms with Crippen LogP contribution >= 0.6 is 23.4 Å². The Kier molecular flexibility index (Phi) is 5.27. The van der Waals surface area contributed by atoms with Crippen LogP contribution in [0.1, 0.15) is 27.0 Å². The summed E-state index contributed by atoms with van der Waals surface area (Å²) in [4.78, 5) is 12.1. The fraction of sp³-hybridized carbons (Fsp3) is 0.235. The van der Waals surface area contributed by atoms with Crippen molar-refractivity contribution in [2.75, 3.05) is 5.75 Å². The van der Waals surface area contributed by atoms with Crippen LogP contribution in [0.15, 0.2) is 42.5 Å². The van der Waals surface area contributed by atoms with Crippen LogP contribution in [0.4, 0.5) is 0 Å². The van der Waals surface area contributed by atoms with Crippen LogP contribution in [-0.2, 0) is 5.75 Å². The van der Waals surface area contributed by atoms with Gasteiger partial charge in [0.15, 0.2) is 5.78 Å². The van der Waals surface area contributed by atoms with Crippen molar-refractivity contribution in [1.82, 2.24) is 0 Å². The molecule has 2 rings (SSSR count). The summed E-state index contributed by atoms with van der Waals surface area (Å²) in [6.45, 7) is 4.09. The SMILES string of the molecule is Cc1ccc(C(=O)CSCc2ccc(Cl)cc2)cc1C. The van der Waals surface area contributed by atoms with E-state index in [1.807, 2.05) is 49.4 Å². The van der Waals surface area contributed by atoms with Gasteiger partial charge < -0.3 is 0 Å². The topological polar surface area (TPSA) is 17.1 Å². The summed E-state index contributed by atoms with van der Waals surface area (Å²) in [5.74, 6) is 1.52. The normalized spacial score (nSPS) is 10.6. The van der Waals surface area contributed by atoms with E-state index in [1.165, 1.54) is 16.7 Å². The molecule has 2 aromatic rings. The van der Waals surface area contributed by atoms with Crippen LogP contribution in [0.3, 0.4) is 0 Å². The first kappa shape index (κ1) is 15.1. The Bertz CT molecular complexity index is 605. The maximum absolute atomic E-state index is 12.1. The van der Waals surface area contributed by atoms with Gasteiger partial charge in [0.25, 0.3) is 0 Å². The van der Waals surface area contributed by atoms with E-state index in [4.69, 9.17) is 11.6 Å². The van der Waals surface area contributed by atoms with Gasteiger partial charge in [-0.25, -0.2) is 0 Å². The molecule has 0 aliphatic carbocycles. The zero-order chi connectivity index (χ0) is 14.5. The molecule has 104 valence electrons. The monoisotopic (exact) mass is 304 g/mol. The number of ketones is 1. The summed E-state index contributed by atoms with van der Waals surface area (Å²) < 4.78 is 0. The van der Waals surface area contributed by atoms with Crippen LogP contribution in [-0.4, -0.2) is 11.5 Å². The smallest absolute Gasteiger partial charge is 0.172 e. The lowest BCUT2D eigenvalue weighted by molar-refractivity contribution is 0.102. The number of hydrogen-bond acceptors (Lipinski definition) is 2. The Hall–Kier alpha value is -1.25. The van der Waals surface area contributed by atoms with Gasteiger partial charge in [-0.3, -0.25) is 4.79 Å². The molecule has 3 heteroatoms. The van der Waals surface area contributed by atoms with E-state index in [-0.39, 0.29) is 5.78 Å². The second kappa shape index (κ2) is 6.96. The van der Waals surface area contributed by atoms with Crippen LogP contribution in [0.25, 0.3) is 0 Å². The zero-order valence-electron chi connectivity index (χ0n) is 11.7. The largest absolute Gasteiger partial charge is 0.293 e. The zero-order valence-corrected chi connectivity index (χ0v) is 13.2. The van der Waals surface area contributed by atoms with E-state index < -0.39 is 0 Å². The van der Waals surface area contributed by atoms with Crippen molar-refractivity contribution in [2.24, 2.45) is 0 Å². The number of Topliss-reactive ketones (excluding diaryl/α,β-unsaturated/α-hetero) is 1. The minimum atomic E-state index is 0.187. The van der Waals surface area contributed by atoms with Crippen molar-refractivity contribution in [3.8, 4) is 0 Å². The Morgan fingerprint density at radius 1 is 1.05 bits per heavy atom. The average Bonchev–Trinajstić information content (AvgIpc) is 2.44. The molecule has 1 nitrogen and oxygen atoms in total. The van der Waals surface area contributed by atoms with Crippen LogP contribution in [0, 0.1) is 13.8 Å². The second-order valence-corrected chi connectivity index (χ2v) is 6.26. The Morgan fingerprint density at radius 3 is 2.40 bits per heavy atom. The van der Waals surface area contributed by atoms with Gasteiger partial charge in [0.2, 0.25) is 0 Å². The number of benzene rings is 2. The fourth-order valence-corrected chi connectivity index (χ4v) is 2.85. The highest BCUT2D eigenvalue weighted by atomic mass is 35.5. The van der Waals surface area contributed by atoms with Gasteiger partial charge in [0.05, 0.1) is 5.75 Å². The lowest BCUT2D eigenvalue weighted by atomic mass is 10.0. The minimum Gasteiger partial charge on any atom is -0.293 e. The summed E-state index contributed by atoms with van der Waals surface area (Å²) in [5, 5.41) is 0.741. The Morgan fingerprint density at radius 2 is 1.75 bits per heavy atom. The molecule has 0 aliphatic heterocycles. The maximum atomic E-state index is 12.1. The number of carbonyl (C=O) groups is 1. The third-order valence-electron chi connectivity index (χ3n) is 3.24. The highest BCUT2D eigenvalue weighted by Crippen LogP contribution is 2.17. The van der Waals surface area contributed by atoms with Gasteiger partial charge in [-0.2, -0.15) is 0 Å². The van der Waals surface area contributed by atoms with E-state index in [0.29, 0.717) is 5.75 Å². The van der Waals surface area contributed by atoms with Crippen molar-refractivity contribution < 1.29 is 4.79 Å². The van der Waals surface area contributed by atoms with Crippen LogP contribution in [0.5, 0.6) is 0 Å². The van der Waals surface area contributed by atoms with Crippen LogP contribution in [0.2, 0.25) is 5.02 Å². The molecule has 0 spiro atoms. The molecule has 0 radical (unpaired) electrons. The van der Waals surface area contributed by atoms with E-state index >= 15 is 0 Å². The van der Waals surface area contributed by atoms with E-state index in [9.17, 15) is 4.79 Å². The highest BCUT2D eigenvalue weighted by molar-refractivity contribution is 7.99.